The van der Waals surface area contributed by atoms with Gasteiger partial charge in [0.25, 0.3) is 5.91 Å². The predicted molar refractivity (Wildman–Crippen MR) is 109 cm³/mol. The number of nitrogens with two attached hydrogens (primary N) is 2. The molecule has 1 fully saturated rings. The molecule has 8 nitrogen and oxygen atoms in total. The Bertz CT molecular complexity index is 1150. The van der Waals surface area contributed by atoms with Crippen LogP contribution >= 0.6 is 11.3 Å². The number of nitrogens with zero attached hydrogens (tertiary/aromatic N) is 2. The smallest absolute Gasteiger partial charge is 0.260 e. The highest BCUT2D eigenvalue weighted by Gasteiger charge is 2.29. The van der Waals surface area contributed by atoms with E-state index in [4.69, 9.17) is 20.9 Å². The van der Waals surface area contributed by atoms with Gasteiger partial charge in [-0.2, -0.15) is 0 Å². The summed E-state index contributed by atoms with van der Waals surface area (Å²) in [6.07, 6.45) is 5.98. The maximum atomic E-state index is 12.0. The van der Waals surface area contributed by atoms with E-state index in [0.717, 1.165) is 41.0 Å². The van der Waals surface area contributed by atoms with E-state index in [0.29, 0.717) is 29.0 Å². The number of piperidine rings is 1. The lowest BCUT2D eigenvalue weighted by molar-refractivity contribution is 0.100. The molecule has 1 aliphatic rings. The predicted octanol–water partition coefficient (Wildman–Crippen LogP) is 2.38. The van der Waals surface area contributed by atoms with Gasteiger partial charge in [-0.3, -0.25) is 4.79 Å². The van der Waals surface area contributed by atoms with Crippen molar-refractivity contribution in [1.29, 1.82) is 0 Å². The summed E-state index contributed by atoms with van der Waals surface area (Å²) in [5.41, 5.74) is 14.4. The molecule has 0 bridgehead atoms. The van der Waals surface area contributed by atoms with Crippen molar-refractivity contribution in [3.8, 4) is 11.1 Å². The molecule has 4 heterocycles. The number of rotatable bonds is 4. The van der Waals surface area contributed by atoms with Gasteiger partial charge in [-0.05, 0) is 30.5 Å². The SMILES string of the molecule is CS(=O)(=O)N1CCCC(c2cc(-c3ccoc3)c3c(N)c(C(N)=O)sc3n2)C1. The van der Waals surface area contributed by atoms with E-state index in [1.807, 2.05) is 12.1 Å². The number of hydrogen-bond acceptors (Lipinski definition) is 7. The maximum absolute atomic E-state index is 12.0. The fourth-order valence-corrected chi connectivity index (χ4v) is 5.55. The highest BCUT2D eigenvalue weighted by Crippen LogP contribution is 2.41. The number of primary amides is 1. The second kappa shape index (κ2) is 6.87. The zero-order chi connectivity index (χ0) is 20.1. The Balaban J connectivity index is 1.87. The number of carbonyl (C=O) groups is 1. The van der Waals surface area contributed by atoms with Gasteiger partial charge in [0.2, 0.25) is 10.0 Å². The van der Waals surface area contributed by atoms with Gasteiger partial charge >= 0.3 is 0 Å². The lowest BCUT2D eigenvalue weighted by atomic mass is 9.93. The number of anilines is 1. The number of thiophene rings is 1. The van der Waals surface area contributed by atoms with E-state index >= 15 is 0 Å². The molecule has 148 valence electrons. The van der Waals surface area contributed by atoms with Gasteiger partial charge in [-0.25, -0.2) is 17.7 Å². The first-order valence-corrected chi connectivity index (χ1v) is 11.4. The minimum Gasteiger partial charge on any atom is -0.472 e. The van der Waals surface area contributed by atoms with Crippen molar-refractivity contribution in [3.63, 3.8) is 0 Å². The van der Waals surface area contributed by atoms with Crippen molar-refractivity contribution < 1.29 is 17.6 Å². The molecule has 10 heteroatoms. The third-order valence-corrected chi connectivity index (χ3v) is 7.43. The summed E-state index contributed by atoms with van der Waals surface area (Å²) in [7, 11) is -3.26. The first kappa shape index (κ1) is 18.9. The second-order valence-electron chi connectivity index (χ2n) is 6.96. The maximum Gasteiger partial charge on any atom is 0.260 e. The van der Waals surface area contributed by atoms with E-state index in [-0.39, 0.29) is 10.8 Å². The molecule has 1 unspecified atom stereocenters. The van der Waals surface area contributed by atoms with E-state index in [2.05, 4.69) is 0 Å². The van der Waals surface area contributed by atoms with Crippen LogP contribution in [0, 0.1) is 0 Å². The number of furan rings is 1. The van der Waals surface area contributed by atoms with Crippen LogP contribution in [0.1, 0.15) is 34.1 Å². The summed E-state index contributed by atoms with van der Waals surface area (Å²) in [4.78, 5) is 17.4. The molecule has 0 aromatic carbocycles. The standard InChI is InChI=1S/C18H20N4O4S2/c1-28(24,25)22-5-2-3-10(8-22)13-7-12(11-4-6-26-9-11)14-15(19)16(17(20)23)27-18(14)21-13/h4,6-7,9-10H,2-3,5,8,19H2,1H3,(H2,20,23). The molecule has 28 heavy (non-hydrogen) atoms. The highest BCUT2D eigenvalue weighted by atomic mass is 32.2. The van der Waals surface area contributed by atoms with Crippen molar-refractivity contribution in [3.05, 3.63) is 35.2 Å². The molecule has 1 saturated heterocycles. The quantitative estimate of drug-likeness (QED) is 0.666. The van der Waals surface area contributed by atoms with Gasteiger partial charge in [0.15, 0.2) is 0 Å². The van der Waals surface area contributed by atoms with Crippen LogP contribution in [0.15, 0.2) is 29.1 Å². The summed E-state index contributed by atoms with van der Waals surface area (Å²) in [6.45, 7) is 0.898. The molecule has 0 radical (unpaired) electrons. The molecule has 1 amide bonds. The first-order valence-electron chi connectivity index (χ1n) is 8.76. The minimum absolute atomic E-state index is 0.0427. The number of carbonyl (C=O) groups excluding carboxylic acids is 1. The topological polar surface area (TPSA) is 133 Å². The molecule has 4 rings (SSSR count). The number of amides is 1. The van der Waals surface area contributed by atoms with Crippen molar-refractivity contribution in [1.82, 2.24) is 9.29 Å². The third-order valence-electron chi connectivity index (χ3n) is 5.05. The average Bonchev–Trinajstić information content (AvgIpc) is 3.29. The normalized spacial score (nSPS) is 18.5. The van der Waals surface area contributed by atoms with Gasteiger partial charge < -0.3 is 15.9 Å². The highest BCUT2D eigenvalue weighted by molar-refractivity contribution is 7.88. The van der Waals surface area contributed by atoms with Crippen LogP contribution in [0.4, 0.5) is 5.69 Å². The molecule has 4 N–H and O–H groups in total. The molecular formula is C18H20N4O4S2. The fraction of sp³-hybridized carbons (Fsp3) is 0.333. The fourth-order valence-electron chi connectivity index (χ4n) is 3.66. The zero-order valence-corrected chi connectivity index (χ0v) is 16.8. The summed E-state index contributed by atoms with van der Waals surface area (Å²) in [6, 6.07) is 3.72. The van der Waals surface area contributed by atoms with Crippen LogP contribution < -0.4 is 11.5 Å². The van der Waals surface area contributed by atoms with E-state index in [1.165, 1.54) is 10.6 Å². The molecule has 0 saturated carbocycles. The molecular weight excluding hydrogens is 400 g/mol. The van der Waals surface area contributed by atoms with Gasteiger partial charge in [-0.1, -0.05) is 0 Å². The van der Waals surface area contributed by atoms with Gasteiger partial charge in [0.1, 0.15) is 9.71 Å². The summed E-state index contributed by atoms with van der Waals surface area (Å²) in [5, 5.41) is 0.666. The monoisotopic (exact) mass is 420 g/mol. The Morgan fingerprint density at radius 3 is 2.86 bits per heavy atom. The molecule has 0 aliphatic carbocycles. The largest absolute Gasteiger partial charge is 0.472 e. The molecule has 1 aliphatic heterocycles. The molecule has 1 atom stereocenters. The molecule has 3 aromatic heterocycles. The Labute approximate surface area is 166 Å². The lowest BCUT2D eigenvalue weighted by Crippen LogP contribution is -2.38. The molecule has 0 spiro atoms. The Kier molecular flexibility index (Phi) is 4.64. The van der Waals surface area contributed by atoms with Crippen LogP contribution in [0.5, 0.6) is 0 Å². The number of fused-ring (bicyclic) bond motifs is 1. The van der Waals surface area contributed by atoms with E-state index < -0.39 is 15.9 Å². The number of pyridine rings is 1. The summed E-state index contributed by atoms with van der Waals surface area (Å²) >= 11 is 1.15. The van der Waals surface area contributed by atoms with E-state index in [1.54, 1.807) is 12.5 Å². The summed E-state index contributed by atoms with van der Waals surface area (Å²) < 4.78 is 30.7. The third kappa shape index (κ3) is 3.27. The average molecular weight is 421 g/mol. The number of nitrogen functional groups attached to an aromatic ring is 1. The van der Waals surface area contributed by atoms with Crippen LogP contribution in [0.25, 0.3) is 21.3 Å². The van der Waals surface area contributed by atoms with Crippen LogP contribution in [-0.4, -0.2) is 43.0 Å². The Morgan fingerprint density at radius 1 is 1.43 bits per heavy atom. The van der Waals surface area contributed by atoms with Gasteiger partial charge in [0.05, 0.1) is 24.5 Å². The van der Waals surface area contributed by atoms with Crippen molar-refractivity contribution in [2.45, 2.75) is 18.8 Å². The van der Waals surface area contributed by atoms with Crippen LogP contribution in [0.3, 0.4) is 0 Å². The van der Waals surface area contributed by atoms with Crippen LogP contribution in [0.2, 0.25) is 0 Å². The van der Waals surface area contributed by atoms with Crippen LogP contribution in [-0.2, 0) is 10.0 Å². The molecule has 3 aromatic rings. The number of sulfonamides is 1. The summed E-state index contributed by atoms with van der Waals surface area (Å²) in [5.74, 6) is -0.639. The van der Waals surface area contributed by atoms with E-state index in [9.17, 15) is 13.2 Å². The first-order chi connectivity index (χ1) is 13.3. The minimum atomic E-state index is -3.26. The Morgan fingerprint density at radius 2 is 2.21 bits per heavy atom. The number of hydrogen-bond donors (Lipinski definition) is 2. The van der Waals surface area contributed by atoms with Gasteiger partial charge in [-0.15, -0.1) is 11.3 Å². The zero-order valence-electron chi connectivity index (χ0n) is 15.2. The van der Waals surface area contributed by atoms with Gasteiger partial charge in [0, 0.05) is 35.7 Å². The Hall–Kier alpha value is -2.43. The lowest BCUT2D eigenvalue weighted by Gasteiger charge is -2.30. The van der Waals surface area contributed by atoms with Crippen molar-refractivity contribution in [2.24, 2.45) is 5.73 Å². The van der Waals surface area contributed by atoms with Crippen molar-refractivity contribution in [2.75, 3.05) is 25.1 Å². The van der Waals surface area contributed by atoms with Crippen molar-refractivity contribution >= 4 is 43.2 Å². The second-order valence-corrected chi connectivity index (χ2v) is 9.94. The number of aromatic nitrogens is 1.